The Morgan fingerprint density at radius 1 is 1.44 bits per heavy atom. The fourth-order valence-electron chi connectivity index (χ4n) is 1.66. The van der Waals surface area contributed by atoms with Gasteiger partial charge in [0.15, 0.2) is 5.60 Å². The van der Waals surface area contributed by atoms with Gasteiger partial charge in [-0.3, -0.25) is 0 Å². The predicted molar refractivity (Wildman–Crippen MR) is 63.2 cm³/mol. The van der Waals surface area contributed by atoms with Crippen molar-refractivity contribution in [2.24, 2.45) is 5.92 Å². The summed E-state index contributed by atoms with van der Waals surface area (Å²) in [5.41, 5.74) is -1.96. The van der Waals surface area contributed by atoms with Crippen LogP contribution in [0.5, 0.6) is 0 Å². The number of hydrogen-bond acceptors (Lipinski definition) is 4. The maximum absolute atomic E-state index is 11.4. The van der Waals surface area contributed by atoms with Gasteiger partial charge in [-0.1, -0.05) is 0 Å². The molecule has 4 N–H and O–H groups in total. The van der Waals surface area contributed by atoms with E-state index in [1.165, 1.54) is 0 Å². The summed E-state index contributed by atoms with van der Waals surface area (Å²) in [6.45, 7) is 3.91. The molecule has 1 aliphatic rings. The molecule has 1 fully saturated rings. The summed E-state index contributed by atoms with van der Waals surface area (Å²) >= 11 is 0. The second-order valence-corrected chi connectivity index (χ2v) is 4.77. The van der Waals surface area contributed by atoms with E-state index in [1.807, 2.05) is 6.92 Å². The Hall–Kier alpha value is -1.34. The minimum atomic E-state index is -1.96. The highest BCUT2D eigenvalue weighted by atomic mass is 16.5. The highest BCUT2D eigenvalue weighted by Crippen LogP contribution is 2.19. The largest absolute Gasteiger partial charge is 0.479 e. The van der Waals surface area contributed by atoms with Crippen LogP contribution in [0, 0.1) is 5.92 Å². The Balaban J connectivity index is 2.24. The number of rotatable bonds is 5. The van der Waals surface area contributed by atoms with Gasteiger partial charge in [-0.05, 0) is 20.3 Å². The second-order valence-electron chi connectivity index (χ2n) is 4.77. The summed E-state index contributed by atoms with van der Waals surface area (Å²) in [5, 5.41) is 23.0. The van der Waals surface area contributed by atoms with Crippen LogP contribution in [0.1, 0.15) is 20.3 Å². The maximum atomic E-state index is 11.4. The summed E-state index contributed by atoms with van der Waals surface area (Å²) in [6, 6.07) is -0.490. The molecule has 3 atom stereocenters. The van der Waals surface area contributed by atoms with E-state index in [4.69, 9.17) is 9.84 Å². The lowest BCUT2D eigenvalue weighted by Gasteiger charge is -2.19. The maximum Gasteiger partial charge on any atom is 0.337 e. The minimum Gasteiger partial charge on any atom is -0.479 e. The van der Waals surface area contributed by atoms with Crippen molar-refractivity contribution < 1.29 is 24.5 Å². The van der Waals surface area contributed by atoms with E-state index in [-0.39, 0.29) is 18.6 Å². The molecule has 0 spiro atoms. The van der Waals surface area contributed by atoms with E-state index >= 15 is 0 Å². The second kappa shape index (κ2) is 6.01. The number of urea groups is 1. The zero-order chi connectivity index (χ0) is 13.8. The fourth-order valence-corrected chi connectivity index (χ4v) is 1.66. The number of aliphatic carboxylic acids is 1. The molecule has 0 aliphatic carbocycles. The van der Waals surface area contributed by atoms with Gasteiger partial charge in [0.05, 0.1) is 12.6 Å². The van der Waals surface area contributed by atoms with Gasteiger partial charge in [0.25, 0.3) is 0 Å². The quantitative estimate of drug-likeness (QED) is 0.535. The number of amides is 2. The Bertz CT molecular complexity index is 319. The lowest BCUT2D eigenvalue weighted by molar-refractivity contribution is -0.155. The average molecular weight is 260 g/mol. The first-order valence-corrected chi connectivity index (χ1v) is 5.92. The molecule has 0 saturated carbocycles. The van der Waals surface area contributed by atoms with Crippen LogP contribution in [0.2, 0.25) is 0 Å². The molecule has 18 heavy (non-hydrogen) atoms. The van der Waals surface area contributed by atoms with E-state index in [0.29, 0.717) is 13.2 Å². The van der Waals surface area contributed by atoms with Crippen molar-refractivity contribution in [3.05, 3.63) is 0 Å². The van der Waals surface area contributed by atoms with E-state index in [0.717, 1.165) is 13.3 Å². The van der Waals surface area contributed by atoms with Crippen LogP contribution in [0.15, 0.2) is 0 Å². The molecule has 0 aromatic rings. The first-order chi connectivity index (χ1) is 8.33. The normalized spacial score (nSPS) is 26.4. The van der Waals surface area contributed by atoms with Crippen molar-refractivity contribution in [2.75, 3.05) is 19.7 Å². The summed E-state index contributed by atoms with van der Waals surface area (Å²) in [6.07, 6.45) is 1.02. The summed E-state index contributed by atoms with van der Waals surface area (Å²) in [4.78, 5) is 22.0. The Morgan fingerprint density at radius 2 is 2.11 bits per heavy atom. The van der Waals surface area contributed by atoms with Crippen LogP contribution in [0.25, 0.3) is 0 Å². The highest BCUT2D eigenvalue weighted by molar-refractivity contribution is 5.79. The minimum absolute atomic E-state index is 0.118. The average Bonchev–Trinajstić information content (AvgIpc) is 2.69. The van der Waals surface area contributed by atoms with Gasteiger partial charge in [0.1, 0.15) is 0 Å². The van der Waals surface area contributed by atoms with E-state index in [1.54, 1.807) is 0 Å². The third-order valence-electron chi connectivity index (χ3n) is 3.11. The first-order valence-electron chi connectivity index (χ1n) is 5.92. The van der Waals surface area contributed by atoms with Crippen molar-refractivity contribution in [1.29, 1.82) is 0 Å². The smallest absolute Gasteiger partial charge is 0.337 e. The van der Waals surface area contributed by atoms with Crippen molar-refractivity contribution in [1.82, 2.24) is 10.6 Å². The summed E-state index contributed by atoms with van der Waals surface area (Å²) < 4.78 is 5.35. The molecule has 1 rings (SSSR count). The monoisotopic (exact) mass is 260 g/mol. The molecule has 0 aromatic carbocycles. The van der Waals surface area contributed by atoms with Crippen LogP contribution < -0.4 is 10.6 Å². The van der Waals surface area contributed by atoms with Gasteiger partial charge >= 0.3 is 12.0 Å². The molecular formula is C11H20N2O5. The van der Waals surface area contributed by atoms with Crippen LogP contribution in [0.3, 0.4) is 0 Å². The summed E-state index contributed by atoms with van der Waals surface area (Å²) in [5.74, 6) is -1.10. The van der Waals surface area contributed by atoms with Gasteiger partial charge in [-0.15, -0.1) is 0 Å². The van der Waals surface area contributed by atoms with Gasteiger partial charge in [0, 0.05) is 19.1 Å². The highest BCUT2D eigenvalue weighted by Gasteiger charge is 2.30. The van der Waals surface area contributed by atoms with Crippen LogP contribution in [-0.4, -0.2) is 53.6 Å². The molecule has 7 heteroatoms. The topological polar surface area (TPSA) is 108 Å². The lowest BCUT2D eigenvalue weighted by atomic mass is 10.0. The molecule has 1 saturated heterocycles. The molecule has 1 aliphatic heterocycles. The van der Waals surface area contributed by atoms with Gasteiger partial charge < -0.3 is 25.6 Å². The van der Waals surface area contributed by atoms with Crippen LogP contribution in [0.4, 0.5) is 4.79 Å². The number of carbonyl (C=O) groups is 2. The number of carbonyl (C=O) groups excluding carboxylic acids is 1. The van der Waals surface area contributed by atoms with Crippen molar-refractivity contribution in [3.63, 3.8) is 0 Å². The molecule has 1 heterocycles. The van der Waals surface area contributed by atoms with E-state index < -0.39 is 17.6 Å². The first kappa shape index (κ1) is 14.7. The van der Waals surface area contributed by atoms with Crippen molar-refractivity contribution in [2.45, 2.75) is 32.0 Å². The van der Waals surface area contributed by atoms with Gasteiger partial charge in [0.2, 0.25) is 0 Å². The van der Waals surface area contributed by atoms with Crippen LogP contribution in [-0.2, 0) is 9.53 Å². The van der Waals surface area contributed by atoms with Gasteiger partial charge in [-0.25, -0.2) is 9.59 Å². The number of aliphatic hydroxyl groups is 1. The zero-order valence-electron chi connectivity index (χ0n) is 10.6. The zero-order valence-corrected chi connectivity index (χ0v) is 10.6. The molecule has 0 bridgehead atoms. The Kier molecular flexibility index (Phi) is 4.92. The van der Waals surface area contributed by atoms with E-state index in [9.17, 15) is 14.7 Å². The Labute approximate surface area is 106 Å². The molecule has 3 unspecified atom stereocenters. The molecule has 2 amide bonds. The SMILES string of the molecule is CC1OCCC1CNC(=O)NCC(C)(O)C(=O)O. The standard InChI is InChI=1S/C11H20N2O5/c1-7-8(3-4-18-7)5-12-10(16)13-6-11(2,17)9(14)15/h7-8,17H,3-6H2,1-2H3,(H,14,15)(H2,12,13,16). The molecule has 104 valence electrons. The predicted octanol–water partition coefficient (Wildman–Crippen LogP) is -0.454. The number of nitrogens with one attached hydrogen (secondary N) is 2. The molecular weight excluding hydrogens is 240 g/mol. The number of carboxylic acids is 1. The Morgan fingerprint density at radius 3 is 2.61 bits per heavy atom. The molecule has 0 radical (unpaired) electrons. The summed E-state index contributed by atoms with van der Waals surface area (Å²) in [7, 11) is 0. The van der Waals surface area contributed by atoms with Crippen LogP contribution >= 0.6 is 0 Å². The number of ether oxygens (including phenoxy) is 1. The number of carboxylic acid groups (broad SMARTS) is 1. The van der Waals surface area contributed by atoms with Gasteiger partial charge in [-0.2, -0.15) is 0 Å². The lowest BCUT2D eigenvalue weighted by Crippen LogP contribution is -2.49. The molecule has 0 aromatic heterocycles. The third kappa shape index (κ3) is 4.15. The number of hydrogen-bond donors (Lipinski definition) is 4. The van der Waals surface area contributed by atoms with Crippen molar-refractivity contribution in [3.8, 4) is 0 Å². The van der Waals surface area contributed by atoms with E-state index in [2.05, 4.69) is 10.6 Å². The van der Waals surface area contributed by atoms with Crippen molar-refractivity contribution >= 4 is 12.0 Å². The molecule has 7 nitrogen and oxygen atoms in total. The fraction of sp³-hybridized carbons (Fsp3) is 0.818. The third-order valence-corrected chi connectivity index (χ3v) is 3.11.